The SMILES string of the molecule is ClCc1cc(-c2cncnc2)on1. The normalized spacial score (nSPS) is 10.2. The molecule has 0 atom stereocenters. The van der Waals surface area contributed by atoms with E-state index in [1.807, 2.05) is 0 Å². The molecule has 0 saturated heterocycles. The van der Waals surface area contributed by atoms with Gasteiger partial charge in [0.2, 0.25) is 0 Å². The van der Waals surface area contributed by atoms with Crippen LogP contribution in [0.5, 0.6) is 0 Å². The average molecular weight is 196 g/mol. The van der Waals surface area contributed by atoms with Crippen LogP contribution in [-0.2, 0) is 5.88 Å². The molecule has 13 heavy (non-hydrogen) atoms. The molecule has 2 aromatic heterocycles. The van der Waals surface area contributed by atoms with E-state index in [0.717, 1.165) is 5.56 Å². The van der Waals surface area contributed by atoms with E-state index in [9.17, 15) is 0 Å². The van der Waals surface area contributed by atoms with Crippen molar-refractivity contribution in [1.29, 1.82) is 0 Å². The van der Waals surface area contributed by atoms with Crippen molar-refractivity contribution in [3.05, 3.63) is 30.5 Å². The minimum Gasteiger partial charge on any atom is -0.356 e. The highest BCUT2D eigenvalue weighted by atomic mass is 35.5. The molecule has 0 radical (unpaired) electrons. The van der Waals surface area contributed by atoms with Crippen molar-refractivity contribution in [3.63, 3.8) is 0 Å². The van der Waals surface area contributed by atoms with Gasteiger partial charge in [-0.15, -0.1) is 11.6 Å². The Morgan fingerprint density at radius 1 is 1.31 bits per heavy atom. The van der Waals surface area contributed by atoms with Gasteiger partial charge < -0.3 is 4.52 Å². The molecule has 0 aromatic carbocycles. The van der Waals surface area contributed by atoms with E-state index >= 15 is 0 Å². The van der Waals surface area contributed by atoms with Crippen LogP contribution >= 0.6 is 11.6 Å². The van der Waals surface area contributed by atoms with E-state index in [1.165, 1.54) is 6.33 Å². The first-order valence-corrected chi connectivity index (χ1v) is 4.20. The lowest BCUT2D eigenvalue weighted by atomic mass is 10.2. The summed E-state index contributed by atoms with van der Waals surface area (Å²) in [5.74, 6) is 0.980. The quantitative estimate of drug-likeness (QED) is 0.687. The van der Waals surface area contributed by atoms with Crippen LogP contribution in [0.3, 0.4) is 0 Å². The van der Waals surface area contributed by atoms with Gasteiger partial charge >= 0.3 is 0 Å². The Morgan fingerprint density at radius 3 is 2.69 bits per heavy atom. The second-order valence-electron chi connectivity index (χ2n) is 2.44. The second-order valence-corrected chi connectivity index (χ2v) is 2.71. The molecule has 0 aliphatic heterocycles. The molecule has 0 spiro atoms. The molecule has 0 bridgehead atoms. The smallest absolute Gasteiger partial charge is 0.170 e. The molecule has 5 heteroatoms. The third-order valence-electron chi connectivity index (χ3n) is 1.54. The molecule has 2 aromatic rings. The second kappa shape index (κ2) is 3.53. The van der Waals surface area contributed by atoms with Gasteiger partial charge in [-0.3, -0.25) is 0 Å². The Balaban J connectivity index is 2.36. The first kappa shape index (κ1) is 8.19. The molecule has 0 N–H and O–H groups in total. The number of alkyl halides is 1. The molecule has 0 fully saturated rings. The fraction of sp³-hybridized carbons (Fsp3) is 0.125. The van der Waals surface area contributed by atoms with E-state index in [-0.39, 0.29) is 0 Å². The van der Waals surface area contributed by atoms with Gasteiger partial charge in [0.15, 0.2) is 5.76 Å². The van der Waals surface area contributed by atoms with Crippen LogP contribution in [0.2, 0.25) is 0 Å². The number of aromatic nitrogens is 3. The maximum Gasteiger partial charge on any atom is 0.170 e. The average Bonchev–Trinajstić information content (AvgIpc) is 2.67. The molecule has 66 valence electrons. The molecule has 0 amide bonds. The van der Waals surface area contributed by atoms with Gasteiger partial charge in [-0.05, 0) is 0 Å². The van der Waals surface area contributed by atoms with E-state index in [1.54, 1.807) is 18.5 Å². The molecule has 0 unspecified atom stereocenters. The summed E-state index contributed by atoms with van der Waals surface area (Å²) in [6.07, 6.45) is 4.78. The van der Waals surface area contributed by atoms with E-state index < -0.39 is 0 Å². The summed E-state index contributed by atoms with van der Waals surface area (Å²) in [5.41, 5.74) is 1.51. The first-order chi connectivity index (χ1) is 6.40. The molecule has 0 saturated carbocycles. The highest BCUT2D eigenvalue weighted by Gasteiger charge is 2.05. The number of rotatable bonds is 2. The van der Waals surface area contributed by atoms with Crippen LogP contribution in [0, 0.1) is 0 Å². The van der Waals surface area contributed by atoms with Crippen LogP contribution in [0.15, 0.2) is 29.3 Å². The van der Waals surface area contributed by atoms with Crippen LogP contribution in [0.4, 0.5) is 0 Å². The summed E-state index contributed by atoms with van der Waals surface area (Å²) in [7, 11) is 0. The lowest BCUT2D eigenvalue weighted by Crippen LogP contribution is -1.78. The Hall–Kier alpha value is -1.42. The maximum atomic E-state index is 5.57. The molecule has 4 nitrogen and oxygen atoms in total. The van der Waals surface area contributed by atoms with Crippen LogP contribution in [0.1, 0.15) is 5.69 Å². The number of hydrogen-bond acceptors (Lipinski definition) is 4. The fourth-order valence-electron chi connectivity index (χ4n) is 0.937. The summed E-state index contributed by atoms with van der Waals surface area (Å²) in [5, 5.41) is 3.75. The fourth-order valence-corrected chi connectivity index (χ4v) is 1.06. The van der Waals surface area contributed by atoms with Crippen molar-refractivity contribution in [3.8, 4) is 11.3 Å². The van der Waals surface area contributed by atoms with Crippen molar-refractivity contribution >= 4 is 11.6 Å². The van der Waals surface area contributed by atoms with E-state index in [4.69, 9.17) is 16.1 Å². The van der Waals surface area contributed by atoms with Gasteiger partial charge in [0.25, 0.3) is 0 Å². The summed E-state index contributed by atoms with van der Waals surface area (Å²) in [4.78, 5) is 7.73. The highest BCUT2D eigenvalue weighted by molar-refractivity contribution is 6.16. The Kier molecular flexibility index (Phi) is 2.23. The zero-order valence-electron chi connectivity index (χ0n) is 6.64. The van der Waals surface area contributed by atoms with Crippen LogP contribution in [-0.4, -0.2) is 15.1 Å². The predicted octanol–water partition coefficient (Wildman–Crippen LogP) is 1.87. The van der Waals surface area contributed by atoms with Gasteiger partial charge in [-0.25, -0.2) is 9.97 Å². The molecule has 2 rings (SSSR count). The number of halogens is 1. The number of nitrogens with zero attached hydrogens (tertiary/aromatic N) is 3. The third-order valence-corrected chi connectivity index (χ3v) is 1.81. The summed E-state index contributed by atoms with van der Waals surface area (Å²) < 4.78 is 5.03. The van der Waals surface area contributed by atoms with Crippen LogP contribution < -0.4 is 0 Å². The largest absolute Gasteiger partial charge is 0.356 e. The molecular weight excluding hydrogens is 190 g/mol. The lowest BCUT2D eigenvalue weighted by molar-refractivity contribution is 0.426. The van der Waals surface area contributed by atoms with Crippen molar-refractivity contribution in [2.75, 3.05) is 0 Å². The summed E-state index contributed by atoms with van der Waals surface area (Å²) >= 11 is 5.57. The third kappa shape index (κ3) is 1.67. The van der Waals surface area contributed by atoms with Crippen molar-refractivity contribution in [1.82, 2.24) is 15.1 Å². The zero-order valence-corrected chi connectivity index (χ0v) is 7.40. The van der Waals surface area contributed by atoms with Crippen molar-refractivity contribution in [2.45, 2.75) is 5.88 Å². The minimum absolute atomic E-state index is 0.344. The predicted molar refractivity (Wildman–Crippen MR) is 47.1 cm³/mol. The van der Waals surface area contributed by atoms with Crippen molar-refractivity contribution < 1.29 is 4.52 Å². The van der Waals surface area contributed by atoms with Gasteiger partial charge in [0, 0.05) is 18.5 Å². The topological polar surface area (TPSA) is 51.8 Å². The Bertz CT molecular complexity index is 387. The zero-order chi connectivity index (χ0) is 9.10. The van der Waals surface area contributed by atoms with E-state index in [0.29, 0.717) is 17.3 Å². The minimum atomic E-state index is 0.344. The first-order valence-electron chi connectivity index (χ1n) is 3.67. The standard InChI is InChI=1S/C8H6ClN3O/c9-2-7-1-8(13-12-7)6-3-10-5-11-4-6/h1,3-5H,2H2. The maximum absolute atomic E-state index is 5.57. The van der Waals surface area contributed by atoms with Crippen LogP contribution in [0.25, 0.3) is 11.3 Å². The molecular formula is C8H6ClN3O. The molecule has 0 aliphatic carbocycles. The van der Waals surface area contributed by atoms with Gasteiger partial charge in [0.05, 0.1) is 17.1 Å². The highest BCUT2D eigenvalue weighted by Crippen LogP contribution is 2.18. The van der Waals surface area contributed by atoms with Gasteiger partial charge in [-0.2, -0.15) is 0 Å². The van der Waals surface area contributed by atoms with Gasteiger partial charge in [-0.1, -0.05) is 5.16 Å². The Labute approximate surface area is 79.6 Å². The lowest BCUT2D eigenvalue weighted by Gasteiger charge is -1.89. The number of hydrogen-bond donors (Lipinski definition) is 0. The summed E-state index contributed by atoms with van der Waals surface area (Å²) in [6.45, 7) is 0. The molecule has 2 heterocycles. The summed E-state index contributed by atoms with van der Waals surface area (Å²) in [6, 6.07) is 1.77. The van der Waals surface area contributed by atoms with Gasteiger partial charge in [0.1, 0.15) is 6.33 Å². The van der Waals surface area contributed by atoms with Crippen molar-refractivity contribution in [2.24, 2.45) is 0 Å². The monoisotopic (exact) mass is 195 g/mol. The van der Waals surface area contributed by atoms with E-state index in [2.05, 4.69) is 15.1 Å². The Morgan fingerprint density at radius 2 is 2.08 bits per heavy atom. The molecule has 0 aliphatic rings.